The lowest BCUT2D eigenvalue weighted by Crippen LogP contribution is -2.41. The summed E-state index contributed by atoms with van der Waals surface area (Å²) in [5.74, 6) is 0.761. The third-order valence-electron chi connectivity index (χ3n) is 4.02. The molecule has 2 rings (SSSR count). The molecule has 3 atom stereocenters. The molecule has 0 aliphatic carbocycles. The van der Waals surface area contributed by atoms with Crippen molar-refractivity contribution in [3.63, 3.8) is 0 Å². The summed E-state index contributed by atoms with van der Waals surface area (Å²) in [7, 11) is 0. The molecule has 2 N–H and O–H groups in total. The molecule has 4 heteroatoms. The van der Waals surface area contributed by atoms with Gasteiger partial charge in [-0.15, -0.1) is 0 Å². The Morgan fingerprint density at radius 2 is 2.06 bits per heavy atom. The molecule has 104 valence electrons. The first-order valence-corrected chi connectivity index (χ1v) is 7.30. The number of carbonyl (C=O) groups excluding carboxylic acids is 1. The number of carbonyl (C=O) groups is 1. The molecular formula is C14H26N2O2. The van der Waals surface area contributed by atoms with E-state index >= 15 is 0 Å². The van der Waals surface area contributed by atoms with E-state index in [-0.39, 0.29) is 11.9 Å². The Morgan fingerprint density at radius 3 is 2.67 bits per heavy atom. The van der Waals surface area contributed by atoms with Crippen LogP contribution in [0, 0.1) is 5.92 Å². The maximum atomic E-state index is 11.9. The fourth-order valence-electron chi connectivity index (χ4n) is 3.27. The Labute approximate surface area is 110 Å². The van der Waals surface area contributed by atoms with E-state index in [2.05, 4.69) is 10.6 Å². The van der Waals surface area contributed by atoms with Gasteiger partial charge in [-0.3, -0.25) is 4.79 Å². The number of hydrogen-bond acceptors (Lipinski definition) is 3. The van der Waals surface area contributed by atoms with E-state index in [0.29, 0.717) is 37.6 Å². The molecule has 2 heterocycles. The fraction of sp³-hybridized carbons (Fsp3) is 0.929. The average molecular weight is 254 g/mol. The standard InChI is InChI=1S/C14H26N2O2/c1-3-18-9-10(2)15-14(17)8-11-6-12-4-5-13(7-11)16-12/h10-13,16H,3-9H2,1-2H3,(H,15,17). The molecule has 2 aliphatic rings. The molecular weight excluding hydrogens is 228 g/mol. The van der Waals surface area contributed by atoms with Crippen molar-refractivity contribution in [2.75, 3.05) is 13.2 Å². The van der Waals surface area contributed by atoms with Gasteiger partial charge in [-0.1, -0.05) is 0 Å². The Bertz CT molecular complexity index is 271. The lowest BCUT2D eigenvalue weighted by atomic mass is 9.89. The highest BCUT2D eigenvalue weighted by Crippen LogP contribution is 2.32. The molecule has 18 heavy (non-hydrogen) atoms. The van der Waals surface area contributed by atoms with Crippen molar-refractivity contribution in [3.8, 4) is 0 Å². The molecule has 4 nitrogen and oxygen atoms in total. The summed E-state index contributed by atoms with van der Waals surface area (Å²) in [5, 5.41) is 6.64. The van der Waals surface area contributed by atoms with Gasteiger partial charge in [0.2, 0.25) is 5.91 Å². The van der Waals surface area contributed by atoms with Crippen LogP contribution in [-0.2, 0) is 9.53 Å². The summed E-state index contributed by atoms with van der Waals surface area (Å²) >= 11 is 0. The van der Waals surface area contributed by atoms with Gasteiger partial charge in [0.15, 0.2) is 0 Å². The molecule has 2 saturated heterocycles. The second-order valence-electron chi connectivity index (χ2n) is 5.81. The summed E-state index contributed by atoms with van der Waals surface area (Å²) in [6.45, 7) is 5.29. The van der Waals surface area contributed by atoms with Gasteiger partial charge in [-0.2, -0.15) is 0 Å². The van der Waals surface area contributed by atoms with Crippen LogP contribution in [0.5, 0.6) is 0 Å². The number of piperidine rings is 1. The quantitative estimate of drug-likeness (QED) is 0.754. The Hall–Kier alpha value is -0.610. The highest BCUT2D eigenvalue weighted by Gasteiger charge is 2.34. The molecule has 0 saturated carbocycles. The zero-order valence-corrected chi connectivity index (χ0v) is 11.6. The van der Waals surface area contributed by atoms with Crippen molar-refractivity contribution in [1.82, 2.24) is 10.6 Å². The SMILES string of the molecule is CCOCC(C)NC(=O)CC1CC2CCC(C1)N2. The van der Waals surface area contributed by atoms with E-state index in [1.165, 1.54) is 25.7 Å². The third-order valence-corrected chi connectivity index (χ3v) is 4.02. The highest BCUT2D eigenvalue weighted by atomic mass is 16.5. The zero-order chi connectivity index (χ0) is 13.0. The summed E-state index contributed by atoms with van der Waals surface area (Å²) in [4.78, 5) is 11.9. The molecule has 1 amide bonds. The van der Waals surface area contributed by atoms with Gasteiger partial charge in [-0.05, 0) is 45.4 Å². The first-order chi connectivity index (χ1) is 8.67. The number of rotatable bonds is 6. The topological polar surface area (TPSA) is 50.4 Å². The number of nitrogens with one attached hydrogen (secondary N) is 2. The van der Waals surface area contributed by atoms with Crippen LogP contribution in [0.3, 0.4) is 0 Å². The molecule has 2 fully saturated rings. The van der Waals surface area contributed by atoms with Gasteiger partial charge in [-0.25, -0.2) is 0 Å². The van der Waals surface area contributed by atoms with Gasteiger partial charge in [0.25, 0.3) is 0 Å². The Morgan fingerprint density at radius 1 is 1.39 bits per heavy atom. The minimum absolute atomic E-state index is 0.121. The van der Waals surface area contributed by atoms with Crippen LogP contribution in [-0.4, -0.2) is 37.2 Å². The molecule has 0 aromatic rings. The van der Waals surface area contributed by atoms with Gasteiger partial charge in [0, 0.05) is 31.2 Å². The van der Waals surface area contributed by atoms with E-state index in [0.717, 1.165) is 0 Å². The van der Waals surface area contributed by atoms with Crippen LogP contribution < -0.4 is 10.6 Å². The van der Waals surface area contributed by atoms with Crippen molar-refractivity contribution in [1.29, 1.82) is 0 Å². The predicted molar refractivity (Wildman–Crippen MR) is 71.4 cm³/mol. The second kappa shape index (κ2) is 6.53. The van der Waals surface area contributed by atoms with Crippen molar-refractivity contribution in [2.24, 2.45) is 5.92 Å². The van der Waals surface area contributed by atoms with E-state index in [9.17, 15) is 4.79 Å². The fourth-order valence-corrected chi connectivity index (χ4v) is 3.27. The predicted octanol–water partition coefficient (Wildman–Crippen LogP) is 1.45. The Kier molecular flexibility index (Phi) is 5.01. The van der Waals surface area contributed by atoms with Gasteiger partial charge in [0.1, 0.15) is 0 Å². The van der Waals surface area contributed by atoms with E-state index in [1.807, 2.05) is 13.8 Å². The molecule has 0 aromatic heterocycles. The van der Waals surface area contributed by atoms with Crippen molar-refractivity contribution >= 4 is 5.91 Å². The van der Waals surface area contributed by atoms with Crippen molar-refractivity contribution < 1.29 is 9.53 Å². The monoisotopic (exact) mass is 254 g/mol. The highest BCUT2D eigenvalue weighted by molar-refractivity contribution is 5.76. The molecule has 0 radical (unpaired) electrons. The lowest BCUT2D eigenvalue weighted by molar-refractivity contribution is -0.123. The smallest absolute Gasteiger partial charge is 0.220 e. The van der Waals surface area contributed by atoms with Crippen molar-refractivity contribution in [2.45, 2.75) is 64.1 Å². The van der Waals surface area contributed by atoms with E-state index in [1.54, 1.807) is 0 Å². The summed E-state index contributed by atoms with van der Waals surface area (Å²) < 4.78 is 5.31. The third kappa shape index (κ3) is 3.95. The van der Waals surface area contributed by atoms with Gasteiger partial charge < -0.3 is 15.4 Å². The normalized spacial score (nSPS) is 32.2. The minimum atomic E-state index is 0.121. The minimum Gasteiger partial charge on any atom is -0.380 e. The summed E-state index contributed by atoms with van der Waals surface area (Å²) in [6.07, 6.45) is 5.62. The van der Waals surface area contributed by atoms with Crippen LogP contribution >= 0.6 is 0 Å². The lowest BCUT2D eigenvalue weighted by Gasteiger charge is -2.29. The number of fused-ring (bicyclic) bond motifs is 2. The molecule has 2 aliphatic heterocycles. The number of hydrogen-bond donors (Lipinski definition) is 2. The first-order valence-electron chi connectivity index (χ1n) is 7.30. The number of amides is 1. The molecule has 0 spiro atoms. The van der Waals surface area contributed by atoms with Gasteiger partial charge >= 0.3 is 0 Å². The summed E-state index contributed by atoms with van der Waals surface area (Å²) in [5.41, 5.74) is 0. The number of ether oxygens (including phenoxy) is 1. The van der Waals surface area contributed by atoms with Gasteiger partial charge in [0.05, 0.1) is 6.61 Å². The molecule has 2 bridgehead atoms. The van der Waals surface area contributed by atoms with Crippen LogP contribution in [0.4, 0.5) is 0 Å². The van der Waals surface area contributed by atoms with Crippen molar-refractivity contribution in [3.05, 3.63) is 0 Å². The van der Waals surface area contributed by atoms with Crippen LogP contribution in [0.15, 0.2) is 0 Å². The second-order valence-corrected chi connectivity index (χ2v) is 5.81. The van der Waals surface area contributed by atoms with Crippen LogP contribution in [0.25, 0.3) is 0 Å². The van der Waals surface area contributed by atoms with Crippen LogP contribution in [0.2, 0.25) is 0 Å². The maximum Gasteiger partial charge on any atom is 0.220 e. The van der Waals surface area contributed by atoms with Crippen LogP contribution in [0.1, 0.15) is 46.0 Å². The Balaban J connectivity index is 1.67. The largest absolute Gasteiger partial charge is 0.380 e. The van der Waals surface area contributed by atoms with E-state index < -0.39 is 0 Å². The molecule has 0 aromatic carbocycles. The summed E-state index contributed by atoms with van der Waals surface area (Å²) in [6, 6.07) is 1.46. The van der Waals surface area contributed by atoms with E-state index in [4.69, 9.17) is 4.74 Å². The molecule has 3 unspecified atom stereocenters. The first kappa shape index (κ1) is 13.8. The zero-order valence-electron chi connectivity index (χ0n) is 11.6. The average Bonchev–Trinajstić information content (AvgIpc) is 2.66. The maximum absolute atomic E-state index is 11.9.